The Bertz CT molecular complexity index is 561. The molecule has 0 saturated carbocycles. The van der Waals surface area contributed by atoms with Crippen molar-refractivity contribution in [3.05, 3.63) is 28.8 Å². The Hall–Kier alpha value is -1.75. The van der Waals surface area contributed by atoms with E-state index in [2.05, 4.69) is 0 Å². The molecule has 2 rings (SSSR count). The molecular formula is C14H17ClN2O3. The third kappa shape index (κ3) is 2.45. The number of aliphatic carboxylic acids is 1. The molecule has 6 heteroatoms. The van der Waals surface area contributed by atoms with Gasteiger partial charge in [0.05, 0.1) is 11.3 Å². The van der Waals surface area contributed by atoms with Gasteiger partial charge in [-0.1, -0.05) is 11.6 Å². The third-order valence-corrected chi connectivity index (χ3v) is 4.10. The summed E-state index contributed by atoms with van der Waals surface area (Å²) in [6, 6.07) is 4.78. The summed E-state index contributed by atoms with van der Waals surface area (Å²) in [5, 5.41) is 9.93. The number of piperidine rings is 1. The Morgan fingerprint density at radius 3 is 2.70 bits per heavy atom. The Balaban J connectivity index is 2.53. The van der Waals surface area contributed by atoms with Crippen molar-refractivity contribution >= 4 is 29.2 Å². The maximum absolute atomic E-state index is 11.6. The molecule has 1 amide bonds. The zero-order valence-corrected chi connectivity index (χ0v) is 12.0. The summed E-state index contributed by atoms with van der Waals surface area (Å²) in [5.41, 5.74) is 5.14. The number of carbonyl (C=O) groups excluding carboxylic acids is 1. The van der Waals surface area contributed by atoms with Crippen LogP contribution >= 0.6 is 11.6 Å². The fourth-order valence-corrected chi connectivity index (χ4v) is 2.84. The van der Waals surface area contributed by atoms with Gasteiger partial charge < -0.3 is 15.7 Å². The molecule has 1 aromatic rings. The molecule has 1 saturated heterocycles. The summed E-state index contributed by atoms with van der Waals surface area (Å²) in [6.45, 7) is 2.25. The van der Waals surface area contributed by atoms with Gasteiger partial charge in [-0.2, -0.15) is 0 Å². The zero-order valence-electron chi connectivity index (χ0n) is 11.2. The van der Waals surface area contributed by atoms with Crippen LogP contribution < -0.4 is 10.6 Å². The Kier molecular flexibility index (Phi) is 3.90. The van der Waals surface area contributed by atoms with Gasteiger partial charge in [0, 0.05) is 11.6 Å². The molecule has 5 nitrogen and oxygen atoms in total. The van der Waals surface area contributed by atoms with Crippen LogP contribution in [0.5, 0.6) is 0 Å². The van der Waals surface area contributed by atoms with Gasteiger partial charge in [0.15, 0.2) is 0 Å². The van der Waals surface area contributed by atoms with Crippen molar-refractivity contribution in [3.8, 4) is 0 Å². The number of halogens is 1. The molecule has 108 valence electrons. The van der Waals surface area contributed by atoms with Crippen molar-refractivity contribution in [1.29, 1.82) is 0 Å². The normalized spacial score (nSPS) is 22.6. The second-order valence-electron chi connectivity index (χ2n) is 5.21. The van der Waals surface area contributed by atoms with Gasteiger partial charge in [-0.15, -0.1) is 0 Å². The topological polar surface area (TPSA) is 83.6 Å². The molecule has 0 radical (unpaired) electrons. The maximum Gasteiger partial charge on any atom is 0.329 e. The Labute approximate surface area is 122 Å². The Morgan fingerprint density at radius 2 is 2.10 bits per heavy atom. The first-order valence-electron chi connectivity index (χ1n) is 6.46. The van der Waals surface area contributed by atoms with E-state index in [0.717, 1.165) is 12.8 Å². The molecule has 0 spiro atoms. The molecular weight excluding hydrogens is 280 g/mol. The zero-order chi connectivity index (χ0) is 14.9. The fraction of sp³-hybridized carbons (Fsp3) is 0.429. The maximum atomic E-state index is 11.6. The van der Waals surface area contributed by atoms with Crippen molar-refractivity contribution in [2.45, 2.75) is 31.7 Å². The van der Waals surface area contributed by atoms with E-state index < -0.39 is 17.4 Å². The number of hydrogen-bond acceptors (Lipinski definition) is 3. The van der Waals surface area contributed by atoms with Crippen LogP contribution in [-0.2, 0) is 4.79 Å². The van der Waals surface area contributed by atoms with Crippen LogP contribution in [0.25, 0.3) is 0 Å². The minimum absolute atomic E-state index is 0.256. The highest BCUT2D eigenvalue weighted by Crippen LogP contribution is 2.35. The van der Waals surface area contributed by atoms with Crippen LogP contribution in [0, 0.1) is 0 Å². The number of benzene rings is 1. The number of nitrogens with zero attached hydrogens (tertiary/aromatic N) is 1. The minimum atomic E-state index is -1.03. The van der Waals surface area contributed by atoms with Gasteiger partial charge in [-0.3, -0.25) is 4.79 Å². The number of carboxylic acid groups (broad SMARTS) is 1. The van der Waals surface area contributed by atoms with Crippen molar-refractivity contribution in [2.24, 2.45) is 5.73 Å². The first-order chi connectivity index (χ1) is 9.36. The molecule has 0 aromatic heterocycles. The molecule has 1 atom stereocenters. The van der Waals surface area contributed by atoms with E-state index in [9.17, 15) is 14.7 Å². The summed E-state index contributed by atoms with van der Waals surface area (Å²) >= 11 is 5.89. The van der Waals surface area contributed by atoms with Crippen molar-refractivity contribution in [3.63, 3.8) is 0 Å². The number of rotatable bonds is 3. The van der Waals surface area contributed by atoms with E-state index in [1.54, 1.807) is 24.0 Å². The summed E-state index contributed by atoms with van der Waals surface area (Å²) in [6.07, 6.45) is 2.26. The largest absolute Gasteiger partial charge is 0.480 e. The summed E-state index contributed by atoms with van der Waals surface area (Å²) in [7, 11) is 0. The number of carboxylic acids is 1. The monoisotopic (exact) mass is 296 g/mol. The van der Waals surface area contributed by atoms with Crippen LogP contribution in [0.1, 0.15) is 36.5 Å². The molecule has 1 aliphatic rings. The third-order valence-electron chi connectivity index (χ3n) is 3.87. The molecule has 20 heavy (non-hydrogen) atoms. The smallest absolute Gasteiger partial charge is 0.329 e. The van der Waals surface area contributed by atoms with E-state index in [0.29, 0.717) is 23.7 Å². The van der Waals surface area contributed by atoms with Gasteiger partial charge in [0.2, 0.25) is 0 Å². The van der Waals surface area contributed by atoms with E-state index >= 15 is 0 Å². The van der Waals surface area contributed by atoms with Gasteiger partial charge in [0.25, 0.3) is 5.91 Å². The number of primary amides is 1. The lowest BCUT2D eigenvalue weighted by molar-refractivity contribution is -0.143. The predicted octanol–water partition coefficient (Wildman–Crippen LogP) is 2.27. The van der Waals surface area contributed by atoms with Crippen LogP contribution in [-0.4, -0.2) is 29.1 Å². The summed E-state index contributed by atoms with van der Waals surface area (Å²) in [5.74, 6) is -1.51. The number of amides is 1. The highest BCUT2D eigenvalue weighted by atomic mass is 35.5. The van der Waals surface area contributed by atoms with E-state index in [4.69, 9.17) is 17.3 Å². The summed E-state index contributed by atoms with van der Waals surface area (Å²) in [4.78, 5) is 25.0. The molecule has 0 bridgehead atoms. The number of hydrogen-bond donors (Lipinski definition) is 2. The van der Waals surface area contributed by atoms with Crippen LogP contribution in [0.15, 0.2) is 18.2 Å². The first kappa shape index (κ1) is 14.7. The van der Waals surface area contributed by atoms with Gasteiger partial charge >= 0.3 is 5.97 Å². The molecule has 1 heterocycles. The number of nitrogens with two attached hydrogens (primary N) is 1. The Morgan fingerprint density at radius 1 is 1.40 bits per heavy atom. The van der Waals surface area contributed by atoms with Crippen LogP contribution in [0.4, 0.5) is 5.69 Å². The first-order valence-corrected chi connectivity index (χ1v) is 6.84. The second-order valence-corrected chi connectivity index (χ2v) is 5.65. The standard InChI is InChI=1S/C14H17ClN2O3/c1-14(13(19)20)6-2-3-7-17(14)11-5-4-9(15)8-10(11)12(16)18/h4-5,8H,2-3,6-7H2,1H3,(H2,16,18)(H,19,20). The lowest BCUT2D eigenvalue weighted by Crippen LogP contribution is -2.56. The average Bonchev–Trinajstić information content (AvgIpc) is 2.39. The minimum Gasteiger partial charge on any atom is -0.480 e. The highest BCUT2D eigenvalue weighted by Gasteiger charge is 2.42. The molecule has 1 aliphatic heterocycles. The van der Waals surface area contributed by atoms with Crippen LogP contribution in [0.3, 0.4) is 0 Å². The van der Waals surface area contributed by atoms with Gasteiger partial charge in [-0.05, 0) is 44.4 Å². The molecule has 1 aromatic carbocycles. The molecule has 1 unspecified atom stereocenters. The van der Waals surface area contributed by atoms with E-state index in [-0.39, 0.29) is 5.56 Å². The molecule has 0 aliphatic carbocycles. The summed E-state index contributed by atoms with van der Waals surface area (Å²) < 4.78 is 0. The average molecular weight is 297 g/mol. The van der Waals surface area contributed by atoms with Crippen molar-refractivity contribution in [2.75, 3.05) is 11.4 Å². The molecule has 3 N–H and O–H groups in total. The van der Waals surface area contributed by atoms with Gasteiger partial charge in [-0.25, -0.2) is 4.79 Å². The fourth-order valence-electron chi connectivity index (χ4n) is 2.67. The number of anilines is 1. The molecule has 1 fully saturated rings. The van der Waals surface area contributed by atoms with Crippen molar-refractivity contribution < 1.29 is 14.7 Å². The van der Waals surface area contributed by atoms with E-state index in [1.807, 2.05) is 0 Å². The van der Waals surface area contributed by atoms with Crippen LogP contribution in [0.2, 0.25) is 5.02 Å². The SMILES string of the molecule is CC1(C(=O)O)CCCCN1c1ccc(Cl)cc1C(N)=O. The lowest BCUT2D eigenvalue weighted by Gasteiger charge is -2.43. The quantitative estimate of drug-likeness (QED) is 0.896. The number of carbonyl (C=O) groups is 2. The predicted molar refractivity (Wildman–Crippen MR) is 77.2 cm³/mol. The van der Waals surface area contributed by atoms with Gasteiger partial charge in [0.1, 0.15) is 5.54 Å². The van der Waals surface area contributed by atoms with E-state index in [1.165, 1.54) is 6.07 Å². The second kappa shape index (κ2) is 5.32. The lowest BCUT2D eigenvalue weighted by atomic mass is 9.87. The van der Waals surface area contributed by atoms with Crippen molar-refractivity contribution in [1.82, 2.24) is 0 Å². The highest BCUT2D eigenvalue weighted by molar-refractivity contribution is 6.31.